The average molecular weight is 725 g/mol. The van der Waals surface area contributed by atoms with Crippen LogP contribution in [0.1, 0.15) is 88.8 Å². The molecule has 0 atom stereocenters. The van der Waals surface area contributed by atoms with Crippen LogP contribution in [0.15, 0.2) is 127 Å². The molecule has 0 N–H and O–H groups in total. The maximum atomic E-state index is 6.90. The van der Waals surface area contributed by atoms with Crippen molar-refractivity contribution in [2.75, 3.05) is 0 Å². The molecule has 8 aromatic carbocycles. The minimum atomic E-state index is -0.131. The highest BCUT2D eigenvalue weighted by Gasteiger charge is 2.36. The second kappa shape index (κ2) is 11.6. The Morgan fingerprint density at radius 2 is 1.11 bits per heavy atom. The highest BCUT2D eigenvalue weighted by molar-refractivity contribution is 6.38. The summed E-state index contributed by atoms with van der Waals surface area (Å²) in [6.07, 6.45) is 3.88. The SMILES string of the molecule is C=Cc1ccc2c(c1)C(C)(C)c1cc(-c3ccccc3-c3cc4cc(C(C)(C)C)cc5c6oc7ccc(C=C)cc7c6c6cc(C(C)(C)C)cc3c6c45)ccc1-2. The lowest BCUT2D eigenvalue weighted by Crippen LogP contribution is -2.15. The molecular weight excluding hydrogens is 677 g/mol. The van der Waals surface area contributed by atoms with E-state index < -0.39 is 0 Å². The van der Waals surface area contributed by atoms with E-state index in [1.807, 2.05) is 12.2 Å². The van der Waals surface area contributed by atoms with Crippen LogP contribution in [-0.4, -0.2) is 0 Å². The number of rotatable bonds is 4. The number of fused-ring (bicyclic) bond motifs is 8. The molecule has 1 heteroatoms. The highest BCUT2D eigenvalue weighted by atomic mass is 16.3. The zero-order valence-corrected chi connectivity index (χ0v) is 33.9. The molecule has 1 aliphatic rings. The number of furan rings is 1. The number of hydrogen-bond donors (Lipinski definition) is 0. The van der Waals surface area contributed by atoms with Crippen LogP contribution < -0.4 is 0 Å². The fraction of sp³-hybridized carbons (Fsp3) is 0.200. The van der Waals surface area contributed by atoms with Crippen LogP contribution in [0.3, 0.4) is 0 Å². The van der Waals surface area contributed by atoms with Crippen LogP contribution >= 0.6 is 0 Å². The van der Waals surface area contributed by atoms with Crippen LogP contribution in [0.2, 0.25) is 0 Å². The summed E-state index contributed by atoms with van der Waals surface area (Å²) < 4.78 is 6.90. The molecule has 10 rings (SSSR count). The van der Waals surface area contributed by atoms with Crippen molar-refractivity contribution in [2.24, 2.45) is 0 Å². The molecule has 0 aliphatic heterocycles. The van der Waals surface area contributed by atoms with E-state index >= 15 is 0 Å². The van der Waals surface area contributed by atoms with E-state index in [0.29, 0.717) is 0 Å². The molecule has 274 valence electrons. The summed E-state index contributed by atoms with van der Waals surface area (Å²) in [7, 11) is 0. The van der Waals surface area contributed by atoms with Crippen molar-refractivity contribution in [3.05, 3.63) is 156 Å². The normalized spacial score (nSPS) is 14.0. The highest BCUT2D eigenvalue weighted by Crippen LogP contribution is 2.53. The van der Waals surface area contributed by atoms with Gasteiger partial charge in [-0.15, -0.1) is 0 Å². The van der Waals surface area contributed by atoms with E-state index in [4.69, 9.17) is 4.42 Å². The predicted octanol–water partition coefficient (Wildman–Crippen LogP) is 16.0. The maximum Gasteiger partial charge on any atom is 0.143 e. The molecule has 0 unspecified atom stereocenters. The molecule has 0 fully saturated rings. The zero-order chi connectivity index (χ0) is 39.1. The van der Waals surface area contributed by atoms with E-state index in [-0.39, 0.29) is 16.2 Å². The Kier molecular flexibility index (Phi) is 7.13. The van der Waals surface area contributed by atoms with Gasteiger partial charge in [-0.3, -0.25) is 0 Å². The fourth-order valence-corrected chi connectivity index (χ4v) is 9.60. The molecule has 1 aromatic heterocycles. The van der Waals surface area contributed by atoms with Gasteiger partial charge < -0.3 is 4.42 Å². The van der Waals surface area contributed by atoms with Crippen molar-refractivity contribution in [3.63, 3.8) is 0 Å². The van der Waals surface area contributed by atoms with E-state index in [1.54, 1.807) is 0 Å². The second-order valence-electron chi connectivity index (χ2n) is 18.7. The van der Waals surface area contributed by atoms with Gasteiger partial charge >= 0.3 is 0 Å². The zero-order valence-electron chi connectivity index (χ0n) is 33.9. The molecule has 0 radical (unpaired) electrons. The standard InChI is InChI=1S/C55H48O/c1-11-31-18-22-48-43(23-31)51-44-29-36(54(6,7)8)28-42-41(26-34-25-35(53(3,4)5)30-45(52(51)56-48)49(34)50(42)44)38-16-14-13-15-37(38)33-19-21-40-39-20-17-32(12-2)24-46(39)55(9,10)47(40)27-33/h11-30H,1-2H2,3-10H3. The first-order valence-electron chi connectivity index (χ1n) is 20.0. The van der Waals surface area contributed by atoms with Crippen LogP contribution in [0.5, 0.6) is 0 Å². The molecule has 0 spiro atoms. The first-order chi connectivity index (χ1) is 26.7. The summed E-state index contributed by atoms with van der Waals surface area (Å²) in [4.78, 5) is 0. The Bertz CT molecular complexity index is 3150. The number of hydrogen-bond acceptors (Lipinski definition) is 1. The van der Waals surface area contributed by atoms with Crippen molar-refractivity contribution in [2.45, 2.75) is 71.6 Å². The van der Waals surface area contributed by atoms with Crippen molar-refractivity contribution < 1.29 is 4.42 Å². The minimum absolute atomic E-state index is 0.0580. The summed E-state index contributed by atoms with van der Waals surface area (Å²) in [5, 5.41) is 9.86. The first kappa shape index (κ1) is 34.6. The summed E-state index contributed by atoms with van der Waals surface area (Å²) >= 11 is 0. The molecule has 9 aromatic rings. The monoisotopic (exact) mass is 724 g/mol. The van der Waals surface area contributed by atoms with Gasteiger partial charge in [0.2, 0.25) is 0 Å². The quantitative estimate of drug-likeness (QED) is 0.165. The molecule has 1 aliphatic carbocycles. The van der Waals surface area contributed by atoms with Crippen molar-refractivity contribution >= 4 is 66.4 Å². The molecule has 0 amide bonds. The van der Waals surface area contributed by atoms with Crippen molar-refractivity contribution in [1.29, 1.82) is 0 Å². The minimum Gasteiger partial charge on any atom is -0.455 e. The van der Waals surface area contributed by atoms with Gasteiger partial charge in [0.25, 0.3) is 0 Å². The molecule has 1 nitrogen and oxygen atoms in total. The number of benzene rings is 8. The topological polar surface area (TPSA) is 13.1 Å². The lowest BCUT2D eigenvalue weighted by atomic mass is 9.78. The second-order valence-corrected chi connectivity index (χ2v) is 18.7. The smallest absolute Gasteiger partial charge is 0.143 e. The molecular formula is C55H48O. The third kappa shape index (κ3) is 4.86. The maximum absolute atomic E-state index is 6.90. The van der Waals surface area contributed by atoms with Gasteiger partial charge in [-0.1, -0.05) is 147 Å². The fourth-order valence-electron chi connectivity index (χ4n) is 9.60. The van der Waals surface area contributed by atoms with Crippen LogP contribution in [0.4, 0.5) is 0 Å². The summed E-state index contributed by atoms with van der Waals surface area (Å²) in [5.74, 6) is 0. The molecule has 1 heterocycles. The first-order valence-corrected chi connectivity index (χ1v) is 20.0. The molecule has 0 saturated carbocycles. The summed E-state index contributed by atoms with van der Waals surface area (Å²) in [6, 6.07) is 41.6. The van der Waals surface area contributed by atoms with Crippen LogP contribution in [0, 0.1) is 0 Å². The summed E-state index contributed by atoms with van der Waals surface area (Å²) in [6.45, 7) is 26.8. The Balaban J connectivity index is 1.33. The van der Waals surface area contributed by atoms with Crippen molar-refractivity contribution in [1.82, 2.24) is 0 Å². The Hall–Kier alpha value is -5.92. The van der Waals surface area contributed by atoms with Gasteiger partial charge in [-0.2, -0.15) is 0 Å². The van der Waals surface area contributed by atoms with E-state index in [9.17, 15) is 0 Å². The third-order valence-corrected chi connectivity index (χ3v) is 12.8. The predicted molar refractivity (Wildman–Crippen MR) is 243 cm³/mol. The van der Waals surface area contributed by atoms with Gasteiger partial charge in [-0.25, -0.2) is 0 Å². The average Bonchev–Trinajstić information content (AvgIpc) is 3.67. The molecule has 56 heavy (non-hydrogen) atoms. The van der Waals surface area contributed by atoms with Gasteiger partial charge in [0.05, 0.1) is 0 Å². The lowest BCUT2D eigenvalue weighted by Gasteiger charge is -2.26. The Labute approximate surface area is 330 Å². The van der Waals surface area contributed by atoms with E-state index in [1.165, 1.54) is 93.3 Å². The molecule has 0 saturated heterocycles. The van der Waals surface area contributed by atoms with E-state index in [2.05, 4.69) is 178 Å². The molecule has 0 bridgehead atoms. The lowest BCUT2D eigenvalue weighted by molar-refractivity contribution is 0.591. The van der Waals surface area contributed by atoms with Gasteiger partial charge in [-0.05, 0) is 142 Å². The van der Waals surface area contributed by atoms with Gasteiger partial charge in [0.1, 0.15) is 11.2 Å². The van der Waals surface area contributed by atoms with Crippen LogP contribution in [0.25, 0.3) is 99.8 Å². The van der Waals surface area contributed by atoms with E-state index in [0.717, 1.165) is 27.7 Å². The van der Waals surface area contributed by atoms with Crippen molar-refractivity contribution in [3.8, 4) is 33.4 Å². The van der Waals surface area contributed by atoms with Gasteiger partial charge in [0.15, 0.2) is 0 Å². The Morgan fingerprint density at radius 1 is 0.500 bits per heavy atom. The summed E-state index contributed by atoms with van der Waals surface area (Å²) in [5.41, 5.74) is 16.8. The van der Waals surface area contributed by atoms with Gasteiger partial charge in [0, 0.05) is 27.0 Å². The largest absolute Gasteiger partial charge is 0.455 e. The third-order valence-electron chi connectivity index (χ3n) is 12.8. The Morgan fingerprint density at radius 3 is 1.82 bits per heavy atom. The van der Waals surface area contributed by atoms with Crippen LogP contribution in [-0.2, 0) is 16.2 Å².